The van der Waals surface area contributed by atoms with Crippen molar-refractivity contribution in [2.45, 2.75) is 64.1 Å². The molecule has 1 amide bonds. The number of carbonyl (C=O) groups is 2. The van der Waals surface area contributed by atoms with Crippen molar-refractivity contribution in [3.05, 3.63) is 35.9 Å². The minimum Gasteiger partial charge on any atom is -0.480 e. The number of hydrogen-bond acceptors (Lipinski definition) is 4. The molecule has 2 rings (SSSR count). The monoisotopic (exact) mass is 379 g/mol. The summed E-state index contributed by atoms with van der Waals surface area (Å²) in [4.78, 5) is 25.3. The van der Waals surface area contributed by atoms with Gasteiger partial charge in [0.25, 0.3) is 0 Å². The summed E-state index contributed by atoms with van der Waals surface area (Å²) < 4.78 is 11.6. The highest BCUT2D eigenvalue weighted by atomic mass is 28.4. The van der Waals surface area contributed by atoms with Gasteiger partial charge >= 0.3 is 12.1 Å². The van der Waals surface area contributed by atoms with Gasteiger partial charge in [0.1, 0.15) is 12.6 Å². The molecule has 1 N–H and O–H groups in total. The first-order chi connectivity index (χ1) is 12.0. The van der Waals surface area contributed by atoms with Gasteiger partial charge in [-0.2, -0.15) is 0 Å². The van der Waals surface area contributed by atoms with Gasteiger partial charge < -0.3 is 14.3 Å². The Morgan fingerprint density at radius 3 is 2.38 bits per heavy atom. The summed E-state index contributed by atoms with van der Waals surface area (Å²) >= 11 is 0. The number of aliphatic carboxylic acids is 1. The molecule has 1 aromatic carbocycles. The van der Waals surface area contributed by atoms with Gasteiger partial charge in [0.15, 0.2) is 8.32 Å². The predicted octanol–water partition coefficient (Wildman–Crippen LogP) is 3.87. The Labute approximate surface area is 156 Å². The van der Waals surface area contributed by atoms with Crippen LogP contribution in [0.15, 0.2) is 30.3 Å². The maximum atomic E-state index is 12.4. The largest absolute Gasteiger partial charge is 0.480 e. The van der Waals surface area contributed by atoms with E-state index in [4.69, 9.17) is 9.16 Å². The van der Waals surface area contributed by atoms with Gasteiger partial charge in [0, 0.05) is 13.0 Å². The highest BCUT2D eigenvalue weighted by molar-refractivity contribution is 6.74. The fraction of sp³-hybridized carbons (Fsp3) is 0.579. The summed E-state index contributed by atoms with van der Waals surface area (Å²) in [7, 11) is -2.04. The topological polar surface area (TPSA) is 76.1 Å². The van der Waals surface area contributed by atoms with E-state index in [1.165, 1.54) is 4.90 Å². The summed E-state index contributed by atoms with van der Waals surface area (Å²) in [5, 5.41) is 9.52. The second-order valence-electron chi connectivity index (χ2n) is 8.28. The molecule has 0 saturated carbocycles. The van der Waals surface area contributed by atoms with E-state index in [0.717, 1.165) is 5.56 Å². The zero-order valence-corrected chi connectivity index (χ0v) is 17.2. The molecule has 1 unspecified atom stereocenters. The third-order valence-electron chi connectivity index (χ3n) is 5.25. The summed E-state index contributed by atoms with van der Waals surface area (Å²) in [6.45, 7) is 11.0. The van der Waals surface area contributed by atoms with Gasteiger partial charge in [-0.05, 0) is 23.7 Å². The van der Waals surface area contributed by atoms with E-state index in [-0.39, 0.29) is 24.3 Å². The lowest BCUT2D eigenvalue weighted by Gasteiger charge is -2.38. The Hall–Kier alpha value is -1.86. The Morgan fingerprint density at radius 1 is 1.23 bits per heavy atom. The normalized spacial score (nSPS) is 20.9. The van der Waals surface area contributed by atoms with Crippen LogP contribution >= 0.6 is 0 Å². The van der Waals surface area contributed by atoms with Gasteiger partial charge in [-0.1, -0.05) is 51.1 Å². The van der Waals surface area contributed by atoms with Crippen molar-refractivity contribution in [2.24, 2.45) is 0 Å². The fourth-order valence-corrected chi connectivity index (χ4v) is 4.07. The molecule has 144 valence electrons. The maximum Gasteiger partial charge on any atom is 0.410 e. The number of ether oxygens (including phenoxy) is 1. The van der Waals surface area contributed by atoms with Crippen molar-refractivity contribution >= 4 is 20.4 Å². The van der Waals surface area contributed by atoms with E-state index < -0.39 is 26.4 Å². The number of nitrogens with zero attached hydrogens (tertiary/aromatic N) is 1. The summed E-state index contributed by atoms with van der Waals surface area (Å²) in [5.41, 5.74) is 0.862. The standard InChI is InChI=1S/C19H29NO5Si/c1-19(2,3)26(4,5)25-15-11-16(17(21)22)20(12-15)18(23)24-13-14-9-7-6-8-10-14/h6-10,15-16H,11-13H2,1-5H3,(H,21,22)/t15?,16-/m0/s1. The molecule has 0 aliphatic carbocycles. The van der Waals surface area contributed by atoms with Crippen molar-refractivity contribution in [1.82, 2.24) is 4.90 Å². The molecule has 1 aromatic rings. The first-order valence-electron chi connectivity index (χ1n) is 8.89. The molecule has 0 spiro atoms. The molecule has 0 radical (unpaired) electrons. The molecule has 0 aromatic heterocycles. The van der Waals surface area contributed by atoms with Crippen LogP contribution < -0.4 is 0 Å². The summed E-state index contributed by atoms with van der Waals surface area (Å²) in [5.74, 6) is -1.03. The van der Waals surface area contributed by atoms with Crippen LogP contribution in [-0.4, -0.2) is 49.1 Å². The molecule has 0 bridgehead atoms. The van der Waals surface area contributed by atoms with Crippen LogP contribution in [0.2, 0.25) is 18.1 Å². The van der Waals surface area contributed by atoms with Crippen LogP contribution in [0.4, 0.5) is 4.79 Å². The lowest BCUT2D eigenvalue weighted by molar-refractivity contribution is -0.141. The summed E-state index contributed by atoms with van der Waals surface area (Å²) in [6, 6.07) is 8.41. The highest BCUT2D eigenvalue weighted by Gasteiger charge is 2.46. The molecular formula is C19H29NO5Si. The van der Waals surface area contributed by atoms with Crippen LogP contribution in [0.1, 0.15) is 32.8 Å². The van der Waals surface area contributed by atoms with Crippen LogP contribution in [0.5, 0.6) is 0 Å². The van der Waals surface area contributed by atoms with Gasteiger partial charge in [0.2, 0.25) is 0 Å². The molecule has 1 saturated heterocycles. The maximum absolute atomic E-state index is 12.4. The van der Waals surface area contributed by atoms with Crippen LogP contribution in [0.3, 0.4) is 0 Å². The molecular weight excluding hydrogens is 350 g/mol. The zero-order chi connectivity index (χ0) is 19.5. The number of carbonyl (C=O) groups excluding carboxylic acids is 1. The SMILES string of the molecule is CC(C)(C)[Si](C)(C)OC1C[C@@H](C(=O)O)N(C(=O)OCc2ccccc2)C1. The molecule has 1 aliphatic heterocycles. The minimum atomic E-state index is -2.04. The highest BCUT2D eigenvalue weighted by Crippen LogP contribution is 2.39. The molecule has 6 nitrogen and oxygen atoms in total. The second kappa shape index (κ2) is 7.80. The van der Waals surface area contributed by atoms with E-state index in [2.05, 4.69) is 33.9 Å². The zero-order valence-electron chi connectivity index (χ0n) is 16.2. The van der Waals surface area contributed by atoms with Crippen LogP contribution in [0, 0.1) is 0 Å². The molecule has 7 heteroatoms. The van der Waals surface area contributed by atoms with Gasteiger partial charge in [0.05, 0.1) is 6.10 Å². The lowest BCUT2D eigenvalue weighted by Crippen LogP contribution is -2.45. The third kappa shape index (κ3) is 4.85. The Morgan fingerprint density at radius 2 is 1.85 bits per heavy atom. The van der Waals surface area contributed by atoms with Crippen molar-refractivity contribution in [1.29, 1.82) is 0 Å². The number of rotatable bonds is 5. The third-order valence-corrected chi connectivity index (χ3v) is 9.79. The number of benzene rings is 1. The van der Waals surface area contributed by atoms with Crippen molar-refractivity contribution < 1.29 is 23.9 Å². The first-order valence-corrected chi connectivity index (χ1v) is 11.8. The van der Waals surface area contributed by atoms with Gasteiger partial charge in [-0.15, -0.1) is 0 Å². The number of likely N-dealkylation sites (tertiary alicyclic amines) is 1. The molecule has 1 heterocycles. The van der Waals surface area contributed by atoms with Crippen molar-refractivity contribution in [3.8, 4) is 0 Å². The molecule has 26 heavy (non-hydrogen) atoms. The molecule has 1 fully saturated rings. The van der Waals surface area contributed by atoms with Crippen LogP contribution in [-0.2, 0) is 20.6 Å². The predicted molar refractivity (Wildman–Crippen MR) is 101 cm³/mol. The van der Waals surface area contributed by atoms with E-state index in [1.54, 1.807) is 0 Å². The Kier molecular flexibility index (Phi) is 6.13. The van der Waals surface area contributed by atoms with Gasteiger partial charge in [-0.25, -0.2) is 9.59 Å². The van der Waals surface area contributed by atoms with Gasteiger partial charge in [-0.3, -0.25) is 4.90 Å². The minimum absolute atomic E-state index is 0.0208. The lowest BCUT2D eigenvalue weighted by atomic mass is 10.2. The molecule has 1 aliphatic rings. The first kappa shape index (κ1) is 20.4. The van der Waals surface area contributed by atoms with E-state index in [9.17, 15) is 14.7 Å². The average Bonchev–Trinajstić information content (AvgIpc) is 2.96. The quantitative estimate of drug-likeness (QED) is 0.786. The van der Waals surface area contributed by atoms with Crippen molar-refractivity contribution in [3.63, 3.8) is 0 Å². The van der Waals surface area contributed by atoms with E-state index >= 15 is 0 Å². The number of carboxylic acids is 1. The number of hydrogen-bond donors (Lipinski definition) is 1. The fourth-order valence-electron chi connectivity index (χ4n) is 2.71. The molecule has 2 atom stereocenters. The van der Waals surface area contributed by atoms with Crippen LogP contribution in [0.25, 0.3) is 0 Å². The summed E-state index contributed by atoms with van der Waals surface area (Å²) in [6.07, 6.45) is -0.591. The Bertz CT molecular complexity index is 641. The van der Waals surface area contributed by atoms with Crippen molar-refractivity contribution in [2.75, 3.05) is 6.54 Å². The van der Waals surface area contributed by atoms with E-state index in [1.807, 2.05) is 30.3 Å². The Balaban J connectivity index is 2.02. The average molecular weight is 380 g/mol. The number of amides is 1. The van der Waals surface area contributed by atoms with E-state index in [0.29, 0.717) is 6.42 Å². The smallest absolute Gasteiger partial charge is 0.410 e. The second-order valence-corrected chi connectivity index (χ2v) is 13.0. The number of carboxylic acid groups (broad SMARTS) is 1.